The minimum Gasteiger partial charge on any atom is -0.294 e. The molecule has 0 amide bonds. The van der Waals surface area contributed by atoms with Gasteiger partial charge in [0.25, 0.3) is 0 Å². The number of ketones is 1. The maximum Gasteiger partial charge on any atom is 0.163 e. The van der Waals surface area contributed by atoms with E-state index in [-0.39, 0.29) is 0 Å². The molecule has 1 rings (SSSR count). The van der Waals surface area contributed by atoms with E-state index in [0.717, 1.165) is 18.4 Å². The second-order valence-corrected chi connectivity index (χ2v) is 4.15. The fraction of sp³-hybridized carbons (Fsp3) is 0.500. The molecule has 1 heteroatoms. The highest BCUT2D eigenvalue weighted by molar-refractivity contribution is 5.97. The summed E-state index contributed by atoms with van der Waals surface area (Å²) in [7, 11) is 0. The van der Waals surface area contributed by atoms with Gasteiger partial charge in [-0.15, -0.1) is 0 Å². The number of rotatable bonds is 5. The van der Waals surface area contributed by atoms with Crippen molar-refractivity contribution in [2.75, 3.05) is 0 Å². The molecule has 0 spiro atoms. The van der Waals surface area contributed by atoms with Gasteiger partial charge in [-0.2, -0.15) is 0 Å². The molecule has 0 aliphatic heterocycles. The number of carbonyl (C=O) groups excluding carboxylic acids is 1. The number of benzene rings is 1. The van der Waals surface area contributed by atoms with E-state index in [9.17, 15) is 4.79 Å². The van der Waals surface area contributed by atoms with Gasteiger partial charge in [0.2, 0.25) is 0 Å². The summed E-state index contributed by atoms with van der Waals surface area (Å²) in [4.78, 5) is 12.0. The van der Waals surface area contributed by atoms with Crippen LogP contribution in [0.1, 0.15) is 49.5 Å². The lowest BCUT2D eigenvalue weighted by Gasteiger charge is -2.10. The fourth-order valence-corrected chi connectivity index (χ4v) is 1.67. The molecule has 0 fully saturated rings. The molecular weight excluding hydrogens is 184 g/mol. The number of Topliss-reactive ketones (excluding diaryl/α,β-unsaturated/α-hetero) is 1. The Bertz CT molecular complexity index is 328. The Labute approximate surface area is 92.5 Å². The third-order valence-corrected chi connectivity index (χ3v) is 2.93. The Kier molecular flexibility index (Phi) is 4.54. The van der Waals surface area contributed by atoms with E-state index in [1.807, 2.05) is 24.3 Å². The van der Waals surface area contributed by atoms with Crippen LogP contribution in [0.15, 0.2) is 24.3 Å². The molecule has 1 aromatic carbocycles. The topological polar surface area (TPSA) is 17.1 Å². The summed E-state index contributed by atoms with van der Waals surface area (Å²) in [6, 6.07) is 7.94. The summed E-state index contributed by atoms with van der Waals surface area (Å²) in [6.07, 6.45) is 2.68. The van der Waals surface area contributed by atoms with Crippen LogP contribution in [0, 0.1) is 5.92 Å². The van der Waals surface area contributed by atoms with Gasteiger partial charge in [0, 0.05) is 12.0 Å². The van der Waals surface area contributed by atoms with Crippen LogP contribution in [-0.4, -0.2) is 5.78 Å². The lowest BCUT2D eigenvalue weighted by molar-refractivity contribution is 0.0963. The molecule has 1 unspecified atom stereocenters. The number of carbonyl (C=O) groups is 1. The highest BCUT2D eigenvalue weighted by Gasteiger charge is 2.12. The van der Waals surface area contributed by atoms with Crippen molar-refractivity contribution < 1.29 is 4.79 Å². The SMILES string of the molecule is CCc1ccccc1C(=O)CC(C)CC. The van der Waals surface area contributed by atoms with Crippen LogP contribution in [0.2, 0.25) is 0 Å². The maximum atomic E-state index is 12.0. The molecule has 0 aromatic heterocycles. The lowest BCUT2D eigenvalue weighted by Crippen LogP contribution is -2.07. The summed E-state index contributed by atoms with van der Waals surface area (Å²) >= 11 is 0. The van der Waals surface area contributed by atoms with Crippen molar-refractivity contribution in [3.8, 4) is 0 Å². The molecule has 1 atom stereocenters. The third kappa shape index (κ3) is 3.19. The maximum absolute atomic E-state index is 12.0. The first-order valence-electron chi connectivity index (χ1n) is 5.80. The number of aryl methyl sites for hydroxylation is 1. The van der Waals surface area contributed by atoms with Crippen LogP contribution in [-0.2, 0) is 6.42 Å². The van der Waals surface area contributed by atoms with Crippen LogP contribution in [0.3, 0.4) is 0 Å². The molecule has 15 heavy (non-hydrogen) atoms. The van der Waals surface area contributed by atoms with Crippen molar-refractivity contribution in [3.05, 3.63) is 35.4 Å². The molecule has 0 N–H and O–H groups in total. The lowest BCUT2D eigenvalue weighted by atomic mass is 9.94. The molecule has 1 aromatic rings. The van der Waals surface area contributed by atoms with E-state index in [2.05, 4.69) is 20.8 Å². The number of hydrogen-bond acceptors (Lipinski definition) is 1. The van der Waals surface area contributed by atoms with Crippen molar-refractivity contribution in [2.24, 2.45) is 5.92 Å². The molecule has 0 bridgehead atoms. The predicted octanol–water partition coefficient (Wildman–Crippen LogP) is 3.87. The van der Waals surface area contributed by atoms with Crippen molar-refractivity contribution in [1.29, 1.82) is 0 Å². The second-order valence-electron chi connectivity index (χ2n) is 4.15. The van der Waals surface area contributed by atoms with Crippen LogP contribution < -0.4 is 0 Å². The molecule has 0 aliphatic rings. The van der Waals surface area contributed by atoms with E-state index >= 15 is 0 Å². The molecule has 0 aliphatic carbocycles. The fourth-order valence-electron chi connectivity index (χ4n) is 1.67. The molecule has 82 valence electrons. The Hall–Kier alpha value is -1.11. The average molecular weight is 204 g/mol. The molecule has 0 saturated carbocycles. The third-order valence-electron chi connectivity index (χ3n) is 2.93. The van der Waals surface area contributed by atoms with Gasteiger partial charge in [-0.1, -0.05) is 51.5 Å². The largest absolute Gasteiger partial charge is 0.294 e. The standard InChI is InChI=1S/C14H20O/c1-4-11(3)10-14(15)13-9-7-6-8-12(13)5-2/h6-9,11H,4-5,10H2,1-3H3. The van der Waals surface area contributed by atoms with Crippen LogP contribution in [0.25, 0.3) is 0 Å². The smallest absolute Gasteiger partial charge is 0.163 e. The highest BCUT2D eigenvalue weighted by Crippen LogP contribution is 2.16. The van der Waals surface area contributed by atoms with Gasteiger partial charge < -0.3 is 0 Å². The molecular formula is C14H20O. The van der Waals surface area contributed by atoms with Crippen LogP contribution >= 0.6 is 0 Å². The highest BCUT2D eigenvalue weighted by atomic mass is 16.1. The first-order valence-corrected chi connectivity index (χ1v) is 5.80. The first kappa shape index (κ1) is 12.0. The van der Waals surface area contributed by atoms with Gasteiger partial charge in [-0.05, 0) is 17.9 Å². The Morgan fingerprint density at radius 3 is 2.53 bits per heavy atom. The van der Waals surface area contributed by atoms with Crippen LogP contribution in [0.4, 0.5) is 0 Å². The van der Waals surface area contributed by atoms with E-state index in [0.29, 0.717) is 18.1 Å². The summed E-state index contributed by atoms with van der Waals surface area (Å²) in [5, 5.41) is 0. The number of hydrogen-bond donors (Lipinski definition) is 0. The molecule has 0 heterocycles. The van der Waals surface area contributed by atoms with Gasteiger partial charge >= 0.3 is 0 Å². The van der Waals surface area contributed by atoms with Crippen molar-refractivity contribution in [2.45, 2.75) is 40.0 Å². The van der Waals surface area contributed by atoms with E-state index in [1.54, 1.807) is 0 Å². The zero-order chi connectivity index (χ0) is 11.3. The Morgan fingerprint density at radius 1 is 1.27 bits per heavy atom. The molecule has 0 saturated heterocycles. The minimum absolute atomic E-state index is 0.293. The van der Waals surface area contributed by atoms with Crippen molar-refractivity contribution in [3.63, 3.8) is 0 Å². The van der Waals surface area contributed by atoms with E-state index in [1.165, 1.54) is 5.56 Å². The Morgan fingerprint density at radius 2 is 1.93 bits per heavy atom. The van der Waals surface area contributed by atoms with Gasteiger partial charge in [0.05, 0.1) is 0 Å². The van der Waals surface area contributed by atoms with Crippen molar-refractivity contribution >= 4 is 5.78 Å². The molecule has 1 nitrogen and oxygen atoms in total. The van der Waals surface area contributed by atoms with Gasteiger partial charge in [-0.3, -0.25) is 4.79 Å². The zero-order valence-electron chi connectivity index (χ0n) is 9.92. The predicted molar refractivity (Wildman–Crippen MR) is 64.2 cm³/mol. The summed E-state index contributed by atoms with van der Waals surface area (Å²) in [5.74, 6) is 0.782. The normalized spacial score (nSPS) is 12.5. The van der Waals surface area contributed by atoms with Crippen molar-refractivity contribution in [1.82, 2.24) is 0 Å². The first-order chi connectivity index (χ1) is 7.19. The van der Waals surface area contributed by atoms with E-state index < -0.39 is 0 Å². The monoisotopic (exact) mass is 204 g/mol. The summed E-state index contributed by atoms with van der Waals surface area (Å²) < 4.78 is 0. The summed E-state index contributed by atoms with van der Waals surface area (Å²) in [6.45, 7) is 6.35. The van der Waals surface area contributed by atoms with Crippen LogP contribution in [0.5, 0.6) is 0 Å². The average Bonchev–Trinajstić information content (AvgIpc) is 2.28. The minimum atomic E-state index is 0.293. The van der Waals surface area contributed by atoms with Gasteiger partial charge in [-0.25, -0.2) is 0 Å². The quantitative estimate of drug-likeness (QED) is 0.665. The Balaban J connectivity index is 2.81. The zero-order valence-corrected chi connectivity index (χ0v) is 9.92. The summed E-state index contributed by atoms with van der Waals surface area (Å²) in [5.41, 5.74) is 2.09. The van der Waals surface area contributed by atoms with Gasteiger partial charge in [0.1, 0.15) is 0 Å². The van der Waals surface area contributed by atoms with Gasteiger partial charge in [0.15, 0.2) is 5.78 Å². The molecule has 0 radical (unpaired) electrons. The van der Waals surface area contributed by atoms with E-state index in [4.69, 9.17) is 0 Å². The second kappa shape index (κ2) is 5.69.